The fraction of sp³-hybridized carbons (Fsp3) is 0.208. The van der Waals surface area contributed by atoms with E-state index in [9.17, 15) is 4.79 Å². The Hall–Kier alpha value is -3.87. The zero-order chi connectivity index (χ0) is 21.8. The van der Waals surface area contributed by atoms with Crippen LogP contribution >= 0.6 is 0 Å². The van der Waals surface area contributed by atoms with E-state index in [1.807, 2.05) is 67.9 Å². The molecule has 158 valence electrons. The lowest BCUT2D eigenvalue weighted by atomic mass is 10.1. The second-order valence-corrected chi connectivity index (χ2v) is 7.38. The quantitative estimate of drug-likeness (QED) is 0.478. The van der Waals surface area contributed by atoms with Crippen molar-refractivity contribution in [2.45, 2.75) is 33.4 Å². The SMILES string of the molecule is Cc1noc(C)c1COc1cccc(C(=O)N[C@@H](C)c2ccc(-n3ccnc3)cc2)c1. The lowest BCUT2D eigenvalue weighted by Gasteiger charge is -2.15. The first kappa shape index (κ1) is 20.4. The molecule has 0 unspecified atom stereocenters. The van der Waals surface area contributed by atoms with Crippen molar-refractivity contribution in [2.24, 2.45) is 0 Å². The number of rotatable bonds is 7. The first-order valence-electron chi connectivity index (χ1n) is 10.0. The molecule has 0 aliphatic heterocycles. The van der Waals surface area contributed by atoms with Crippen molar-refractivity contribution in [1.29, 1.82) is 0 Å². The van der Waals surface area contributed by atoms with Crippen molar-refractivity contribution in [3.8, 4) is 11.4 Å². The monoisotopic (exact) mass is 416 g/mol. The summed E-state index contributed by atoms with van der Waals surface area (Å²) < 4.78 is 12.9. The molecule has 2 aromatic carbocycles. The Morgan fingerprint density at radius 1 is 1.19 bits per heavy atom. The summed E-state index contributed by atoms with van der Waals surface area (Å²) >= 11 is 0. The van der Waals surface area contributed by atoms with Gasteiger partial charge in [0.1, 0.15) is 18.1 Å². The van der Waals surface area contributed by atoms with E-state index < -0.39 is 0 Å². The number of hydrogen-bond acceptors (Lipinski definition) is 5. The second kappa shape index (κ2) is 8.87. The molecule has 7 nitrogen and oxygen atoms in total. The molecule has 0 saturated carbocycles. The molecule has 2 heterocycles. The molecule has 0 spiro atoms. The third-order valence-electron chi connectivity index (χ3n) is 5.20. The van der Waals surface area contributed by atoms with Crippen LogP contribution in [-0.2, 0) is 6.61 Å². The average molecular weight is 416 g/mol. The summed E-state index contributed by atoms with van der Waals surface area (Å²) in [6.45, 7) is 6.03. The highest BCUT2D eigenvalue weighted by atomic mass is 16.5. The van der Waals surface area contributed by atoms with E-state index in [1.54, 1.807) is 24.7 Å². The maximum Gasteiger partial charge on any atom is 0.251 e. The third-order valence-corrected chi connectivity index (χ3v) is 5.20. The topological polar surface area (TPSA) is 82.2 Å². The number of carbonyl (C=O) groups excluding carboxylic acids is 1. The molecular formula is C24H24N4O3. The van der Waals surface area contributed by atoms with Gasteiger partial charge < -0.3 is 19.1 Å². The number of aryl methyl sites for hydroxylation is 2. The highest BCUT2D eigenvalue weighted by molar-refractivity contribution is 5.94. The van der Waals surface area contributed by atoms with Crippen LogP contribution in [0.1, 0.15) is 45.9 Å². The zero-order valence-electron chi connectivity index (χ0n) is 17.7. The number of amides is 1. The van der Waals surface area contributed by atoms with Crippen LogP contribution in [0.3, 0.4) is 0 Å². The fourth-order valence-corrected chi connectivity index (χ4v) is 3.30. The van der Waals surface area contributed by atoms with E-state index in [4.69, 9.17) is 9.26 Å². The summed E-state index contributed by atoms with van der Waals surface area (Å²) in [5.74, 6) is 1.19. The predicted octanol–water partition coefficient (Wildman–Crippen LogP) is 4.55. The van der Waals surface area contributed by atoms with Gasteiger partial charge >= 0.3 is 0 Å². The molecule has 4 aromatic rings. The summed E-state index contributed by atoms with van der Waals surface area (Å²) in [6.07, 6.45) is 5.38. The lowest BCUT2D eigenvalue weighted by Crippen LogP contribution is -2.26. The van der Waals surface area contributed by atoms with Gasteiger partial charge in [-0.25, -0.2) is 4.98 Å². The minimum atomic E-state index is -0.158. The Balaban J connectivity index is 1.39. The van der Waals surface area contributed by atoms with Gasteiger partial charge in [0.25, 0.3) is 5.91 Å². The van der Waals surface area contributed by atoms with Crippen molar-refractivity contribution >= 4 is 5.91 Å². The van der Waals surface area contributed by atoms with Crippen molar-refractivity contribution < 1.29 is 14.1 Å². The van der Waals surface area contributed by atoms with Gasteiger partial charge in [-0.2, -0.15) is 0 Å². The molecule has 0 bridgehead atoms. The van der Waals surface area contributed by atoms with E-state index in [2.05, 4.69) is 15.5 Å². The van der Waals surface area contributed by atoms with Gasteiger partial charge in [0.15, 0.2) is 0 Å². The molecule has 0 saturated heterocycles. The lowest BCUT2D eigenvalue weighted by molar-refractivity contribution is 0.0939. The van der Waals surface area contributed by atoms with Crippen LogP contribution in [0.25, 0.3) is 5.69 Å². The number of hydrogen-bond donors (Lipinski definition) is 1. The minimum absolute atomic E-state index is 0.142. The maximum absolute atomic E-state index is 12.8. The van der Waals surface area contributed by atoms with E-state index in [0.717, 1.165) is 28.3 Å². The van der Waals surface area contributed by atoms with Gasteiger partial charge in [0.2, 0.25) is 0 Å². The summed E-state index contributed by atoms with van der Waals surface area (Å²) in [7, 11) is 0. The Bertz CT molecular complexity index is 1140. The standard InChI is InChI=1S/C24H24N4O3/c1-16(19-7-9-21(10-8-19)28-12-11-25-15-28)26-24(29)20-5-4-6-22(13-20)30-14-23-17(2)27-31-18(23)3/h4-13,15-16H,14H2,1-3H3,(H,26,29)/t16-/m0/s1. The minimum Gasteiger partial charge on any atom is -0.489 e. The average Bonchev–Trinajstić information content (AvgIpc) is 3.43. The molecule has 0 fully saturated rings. The normalized spacial score (nSPS) is 11.8. The summed E-state index contributed by atoms with van der Waals surface area (Å²) in [5.41, 5.74) is 4.30. The van der Waals surface area contributed by atoms with Crippen LogP contribution in [0.5, 0.6) is 5.75 Å². The predicted molar refractivity (Wildman–Crippen MR) is 116 cm³/mol. The molecule has 4 rings (SSSR count). The number of nitrogens with one attached hydrogen (secondary N) is 1. The van der Waals surface area contributed by atoms with Crippen molar-refractivity contribution in [2.75, 3.05) is 0 Å². The van der Waals surface area contributed by atoms with Crippen LogP contribution in [0, 0.1) is 13.8 Å². The smallest absolute Gasteiger partial charge is 0.251 e. The molecule has 1 amide bonds. The van der Waals surface area contributed by atoms with E-state index >= 15 is 0 Å². The Labute approximate surface area is 180 Å². The van der Waals surface area contributed by atoms with Crippen molar-refractivity contribution in [3.05, 3.63) is 95.4 Å². The van der Waals surface area contributed by atoms with Gasteiger partial charge in [0.05, 0.1) is 23.6 Å². The maximum atomic E-state index is 12.8. The van der Waals surface area contributed by atoms with Gasteiger partial charge in [-0.1, -0.05) is 23.4 Å². The molecule has 2 aromatic heterocycles. The zero-order valence-corrected chi connectivity index (χ0v) is 17.7. The van der Waals surface area contributed by atoms with Crippen LogP contribution in [0.2, 0.25) is 0 Å². The molecule has 1 N–H and O–H groups in total. The van der Waals surface area contributed by atoms with Crippen LogP contribution < -0.4 is 10.1 Å². The largest absolute Gasteiger partial charge is 0.489 e. The first-order valence-corrected chi connectivity index (χ1v) is 10.0. The Morgan fingerprint density at radius 3 is 2.68 bits per heavy atom. The number of aromatic nitrogens is 3. The first-order chi connectivity index (χ1) is 15.0. The van der Waals surface area contributed by atoms with Crippen LogP contribution in [-0.4, -0.2) is 20.6 Å². The molecule has 0 aliphatic rings. The van der Waals surface area contributed by atoms with Crippen LogP contribution in [0.4, 0.5) is 0 Å². The second-order valence-electron chi connectivity index (χ2n) is 7.38. The van der Waals surface area contributed by atoms with Crippen molar-refractivity contribution in [1.82, 2.24) is 20.0 Å². The molecule has 0 radical (unpaired) electrons. The van der Waals surface area contributed by atoms with Gasteiger partial charge in [-0.05, 0) is 56.7 Å². The van der Waals surface area contributed by atoms with Gasteiger partial charge in [-0.15, -0.1) is 0 Å². The summed E-state index contributed by atoms with van der Waals surface area (Å²) in [6, 6.07) is 15.0. The molecule has 31 heavy (non-hydrogen) atoms. The Morgan fingerprint density at radius 2 is 2.00 bits per heavy atom. The molecule has 0 aliphatic carbocycles. The number of nitrogens with zero attached hydrogens (tertiary/aromatic N) is 3. The van der Waals surface area contributed by atoms with Crippen molar-refractivity contribution in [3.63, 3.8) is 0 Å². The van der Waals surface area contributed by atoms with E-state index in [0.29, 0.717) is 17.9 Å². The van der Waals surface area contributed by atoms with E-state index in [-0.39, 0.29) is 11.9 Å². The Kier molecular flexibility index (Phi) is 5.84. The number of benzene rings is 2. The highest BCUT2D eigenvalue weighted by Crippen LogP contribution is 2.20. The van der Waals surface area contributed by atoms with Crippen LogP contribution in [0.15, 0.2) is 71.8 Å². The number of carbonyl (C=O) groups is 1. The van der Waals surface area contributed by atoms with Gasteiger partial charge in [-0.3, -0.25) is 4.79 Å². The summed E-state index contributed by atoms with van der Waals surface area (Å²) in [4.78, 5) is 16.8. The van der Waals surface area contributed by atoms with Gasteiger partial charge in [0, 0.05) is 23.6 Å². The third kappa shape index (κ3) is 4.66. The summed E-state index contributed by atoms with van der Waals surface area (Å²) in [5, 5.41) is 6.98. The number of imidazole rings is 1. The highest BCUT2D eigenvalue weighted by Gasteiger charge is 2.14. The molecule has 1 atom stereocenters. The fourth-order valence-electron chi connectivity index (χ4n) is 3.30. The molecular weight excluding hydrogens is 392 g/mol. The van der Waals surface area contributed by atoms with E-state index in [1.165, 1.54) is 0 Å². The number of ether oxygens (including phenoxy) is 1. The molecule has 7 heteroatoms.